The van der Waals surface area contributed by atoms with E-state index in [1.165, 1.54) is 12.8 Å². The van der Waals surface area contributed by atoms with Crippen molar-refractivity contribution in [3.05, 3.63) is 0 Å². The highest BCUT2D eigenvalue weighted by Crippen LogP contribution is 2.28. The van der Waals surface area contributed by atoms with Gasteiger partial charge in [-0.2, -0.15) is 0 Å². The first-order chi connectivity index (χ1) is 10.0. The summed E-state index contributed by atoms with van der Waals surface area (Å²) < 4.78 is 0. The number of hydrogen-bond acceptors (Lipinski definition) is 4. The summed E-state index contributed by atoms with van der Waals surface area (Å²) in [6, 6.07) is 0. The van der Waals surface area contributed by atoms with Crippen LogP contribution in [0.4, 0.5) is 0 Å². The van der Waals surface area contributed by atoms with E-state index in [-0.39, 0.29) is 18.4 Å². The molecule has 0 aromatic rings. The van der Waals surface area contributed by atoms with Gasteiger partial charge in [-0.05, 0) is 12.8 Å². The van der Waals surface area contributed by atoms with Gasteiger partial charge in [-0.3, -0.25) is 9.69 Å². The maximum absolute atomic E-state index is 11.6. The Morgan fingerprint density at radius 3 is 2.38 bits per heavy atom. The van der Waals surface area contributed by atoms with Crippen LogP contribution >= 0.6 is 0 Å². The van der Waals surface area contributed by atoms with Crippen LogP contribution in [0.2, 0.25) is 0 Å². The Morgan fingerprint density at radius 1 is 1.14 bits per heavy atom. The van der Waals surface area contributed by atoms with E-state index in [2.05, 4.69) is 4.90 Å². The molecule has 1 aliphatic heterocycles. The van der Waals surface area contributed by atoms with E-state index in [9.17, 15) is 15.0 Å². The molecule has 0 spiro atoms. The summed E-state index contributed by atoms with van der Waals surface area (Å²) in [6.45, 7) is 5.24. The van der Waals surface area contributed by atoms with Gasteiger partial charge in [0.1, 0.15) is 0 Å². The summed E-state index contributed by atoms with van der Waals surface area (Å²) in [7, 11) is 0. The third kappa shape index (κ3) is 4.94. The van der Waals surface area contributed by atoms with Crippen LogP contribution in [0.5, 0.6) is 0 Å². The molecule has 1 aliphatic carbocycles. The zero-order chi connectivity index (χ0) is 15.3. The fourth-order valence-corrected chi connectivity index (χ4v) is 3.69. The molecule has 1 amide bonds. The van der Waals surface area contributed by atoms with Crippen LogP contribution in [0.1, 0.15) is 45.4 Å². The molecule has 2 rings (SSSR count). The van der Waals surface area contributed by atoms with Crippen molar-refractivity contribution in [2.75, 3.05) is 39.3 Å². The largest absolute Gasteiger partial charge is 0.396 e. The molecule has 0 aromatic heterocycles. The Labute approximate surface area is 127 Å². The van der Waals surface area contributed by atoms with Crippen LogP contribution in [0.25, 0.3) is 0 Å². The molecule has 2 N–H and O–H groups in total. The Bertz CT molecular complexity index is 340. The molecule has 1 heterocycles. The lowest BCUT2D eigenvalue weighted by atomic mass is 9.93. The van der Waals surface area contributed by atoms with Crippen LogP contribution in [-0.2, 0) is 4.79 Å². The van der Waals surface area contributed by atoms with Gasteiger partial charge in [0.15, 0.2) is 0 Å². The second kappa shape index (κ2) is 7.56. The molecule has 5 nitrogen and oxygen atoms in total. The van der Waals surface area contributed by atoms with Crippen LogP contribution in [0.3, 0.4) is 0 Å². The zero-order valence-corrected chi connectivity index (χ0v) is 13.3. The molecule has 122 valence electrons. The van der Waals surface area contributed by atoms with E-state index >= 15 is 0 Å². The van der Waals surface area contributed by atoms with Crippen molar-refractivity contribution in [2.24, 2.45) is 5.92 Å². The molecule has 0 aromatic carbocycles. The van der Waals surface area contributed by atoms with E-state index in [4.69, 9.17) is 0 Å². The number of amides is 1. The first kappa shape index (κ1) is 16.7. The third-order valence-corrected chi connectivity index (χ3v) is 4.94. The molecule has 2 aliphatic rings. The van der Waals surface area contributed by atoms with E-state index in [1.807, 2.05) is 4.90 Å². The van der Waals surface area contributed by atoms with Crippen LogP contribution < -0.4 is 0 Å². The standard InChI is InChI=1S/C16H30N2O3/c1-14(20)18-9-8-17(10-15(11-18)12-19)13-16(21)6-4-2-3-5-7-16/h15,19,21H,2-13H2,1H3/t15-/m0/s1. The van der Waals surface area contributed by atoms with E-state index in [0.29, 0.717) is 19.6 Å². The highest BCUT2D eigenvalue weighted by Gasteiger charge is 2.32. The monoisotopic (exact) mass is 298 g/mol. The predicted octanol–water partition coefficient (Wildman–Crippen LogP) is 0.844. The number of nitrogens with zero attached hydrogens (tertiary/aromatic N) is 2. The van der Waals surface area contributed by atoms with Gasteiger partial charge in [-0.1, -0.05) is 25.7 Å². The number of carbonyl (C=O) groups excluding carboxylic acids is 1. The van der Waals surface area contributed by atoms with Gasteiger partial charge in [-0.25, -0.2) is 0 Å². The third-order valence-electron chi connectivity index (χ3n) is 4.94. The normalized spacial score (nSPS) is 28.0. The lowest BCUT2D eigenvalue weighted by Crippen LogP contribution is -2.45. The fraction of sp³-hybridized carbons (Fsp3) is 0.938. The quantitative estimate of drug-likeness (QED) is 0.758. The number of aliphatic hydroxyl groups excluding tert-OH is 1. The van der Waals surface area contributed by atoms with Crippen molar-refractivity contribution < 1.29 is 15.0 Å². The van der Waals surface area contributed by atoms with E-state index in [1.54, 1.807) is 6.92 Å². The van der Waals surface area contributed by atoms with Crippen LogP contribution in [-0.4, -0.2) is 70.9 Å². The van der Waals surface area contributed by atoms with Gasteiger partial charge in [-0.15, -0.1) is 0 Å². The Morgan fingerprint density at radius 2 is 1.81 bits per heavy atom. The molecule has 0 bridgehead atoms. The van der Waals surface area contributed by atoms with E-state index in [0.717, 1.165) is 38.8 Å². The summed E-state index contributed by atoms with van der Waals surface area (Å²) in [5, 5.41) is 20.4. The van der Waals surface area contributed by atoms with Gasteiger partial charge < -0.3 is 15.1 Å². The Balaban J connectivity index is 1.96. The minimum absolute atomic E-state index is 0.0727. The topological polar surface area (TPSA) is 64.0 Å². The first-order valence-corrected chi connectivity index (χ1v) is 8.33. The maximum Gasteiger partial charge on any atom is 0.219 e. The van der Waals surface area contributed by atoms with Crippen molar-refractivity contribution in [3.8, 4) is 0 Å². The van der Waals surface area contributed by atoms with Crippen molar-refractivity contribution in [1.82, 2.24) is 9.80 Å². The van der Waals surface area contributed by atoms with Crippen molar-refractivity contribution in [1.29, 1.82) is 0 Å². The van der Waals surface area contributed by atoms with Gasteiger partial charge >= 0.3 is 0 Å². The van der Waals surface area contributed by atoms with Gasteiger partial charge in [0.2, 0.25) is 5.91 Å². The average molecular weight is 298 g/mol. The lowest BCUT2D eigenvalue weighted by Gasteiger charge is -2.34. The zero-order valence-electron chi connectivity index (χ0n) is 13.3. The van der Waals surface area contributed by atoms with Gasteiger partial charge in [0.05, 0.1) is 5.60 Å². The summed E-state index contributed by atoms with van der Waals surface area (Å²) in [5.74, 6) is 0.161. The van der Waals surface area contributed by atoms with Crippen LogP contribution in [0.15, 0.2) is 0 Å². The number of rotatable bonds is 3. The molecule has 0 radical (unpaired) electrons. The maximum atomic E-state index is 11.6. The van der Waals surface area contributed by atoms with Crippen molar-refractivity contribution >= 4 is 5.91 Å². The molecule has 1 saturated carbocycles. The Hall–Kier alpha value is -0.650. The summed E-state index contributed by atoms with van der Waals surface area (Å²) in [4.78, 5) is 15.7. The molecule has 1 saturated heterocycles. The number of aliphatic hydroxyl groups is 2. The molecule has 21 heavy (non-hydrogen) atoms. The Kier molecular flexibility index (Phi) is 6.02. The molecular weight excluding hydrogens is 268 g/mol. The second-order valence-electron chi connectivity index (χ2n) is 6.89. The van der Waals surface area contributed by atoms with Gasteiger partial charge in [0.25, 0.3) is 0 Å². The molecule has 2 fully saturated rings. The SMILES string of the molecule is CC(=O)N1CCN(CC2(O)CCCCCC2)C[C@H](CO)C1. The smallest absolute Gasteiger partial charge is 0.219 e. The van der Waals surface area contributed by atoms with Gasteiger partial charge in [0, 0.05) is 52.2 Å². The summed E-state index contributed by atoms with van der Waals surface area (Å²) >= 11 is 0. The summed E-state index contributed by atoms with van der Waals surface area (Å²) in [5.41, 5.74) is -0.581. The second-order valence-corrected chi connectivity index (χ2v) is 6.89. The first-order valence-electron chi connectivity index (χ1n) is 8.33. The number of hydrogen-bond donors (Lipinski definition) is 2. The highest BCUT2D eigenvalue weighted by molar-refractivity contribution is 5.73. The molecule has 5 heteroatoms. The van der Waals surface area contributed by atoms with Crippen LogP contribution in [0, 0.1) is 5.92 Å². The number of carbonyl (C=O) groups is 1. The average Bonchev–Trinajstić information content (AvgIpc) is 2.77. The predicted molar refractivity (Wildman–Crippen MR) is 81.9 cm³/mol. The minimum Gasteiger partial charge on any atom is -0.396 e. The molecule has 0 unspecified atom stereocenters. The fourth-order valence-electron chi connectivity index (χ4n) is 3.69. The highest BCUT2D eigenvalue weighted by atomic mass is 16.3. The van der Waals surface area contributed by atoms with Crippen molar-refractivity contribution in [3.63, 3.8) is 0 Å². The lowest BCUT2D eigenvalue weighted by molar-refractivity contribution is -0.129. The molecular formula is C16H30N2O3. The number of β-amino-alcohol motifs (C(OH)–C–C–N with tert-alkyl or cyclic N) is 1. The summed E-state index contributed by atoms with van der Waals surface area (Å²) in [6.07, 6.45) is 6.41. The molecule has 1 atom stereocenters. The van der Waals surface area contributed by atoms with E-state index < -0.39 is 5.60 Å². The van der Waals surface area contributed by atoms with Crippen molar-refractivity contribution in [2.45, 2.75) is 51.0 Å². The minimum atomic E-state index is -0.581.